The zero-order valence-corrected chi connectivity index (χ0v) is 14.5. The first-order valence-corrected chi connectivity index (χ1v) is 7.85. The molecule has 6 heteroatoms. The van der Waals surface area contributed by atoms with Crippen molar-refractivity contribution in [3.63, 3.8) is 0 Å². The van der Waals surface area contributed by atoms with Gasteiger partial charge in [0.25, 0.3) is 0 Å². The monoisotopic (exact) mass is 385 g/mol. The number of nitrogens with two attached hydrogens (primary N) is 1. The fourth-order valence-corrected chi connectivity index (χ4v) is 2.60. The Balaban J connectivity index is 2.54. The van der Waals surface area contributed by atoms with Gasteiger partial charge in [0.15, 0.2) is 5.82 Å². The van der Waals surface area contributed by atoms with E-state index in [1.165, 1.54) is 0 Å². The summed E-state index contributed by atoms with van der Waals surface area (Å²) >= 11 is 2.23. The van der Waals surface area contributed by atoms with Crippen LogP contribution in [0.15, 0.2) is 6.20 Å². The van der Waals surface area contributed by atoms with E-state index < -0.39 is 0 Å². The molecule has 2 N–H and O–H groups in total. The number of anilines is 1. The first-order valence-electron chi connectivity index (χ1n) is 6.77. The largest absolute Gasteiger partial charge is 0.383 e. The Morgan fingerprint density at radius 2 is 2.00 bits per heavy atom. The normalized spacial score (nSPS) is 11.3. The lowest BCUT2D eigenvalue weighted by atomic mass is 10.1. The van der Waals surface area contributed by atoms with Crippen LogP contribution in [-0.4, -0.2) is 19.7 Å². The lowest BCUT2D eigenvalue weighted by molar-refractivity contribution is 0.632. The van der Waals surface area contributed by atoms with Crippen molar-refractivity contribution in [2.24, 2.45) is 13.0 Å². The number of hydrogen-bond acceptors (Lipinski definition) is 4. The zero-order valence-electron chi connectivity index (χ0n) is 12.3. The minimum absolute atomic E-state index is 0.533. The Kier molecular flexibility index (Phi) is 4.62. The standard InChI is InChI=1S/C14H20IN5/c1-5-10-9(7-20(4)19-10)14-17-11(6-8(2)3)12(15)13(16)18-14/h7-8H,5-6H2,1-4H3,(H2,16,17,18). The minimum Gasteiger partial charge on any atom is -0.383 e. The fraction of sp³-hybridized carbons (Fsp3) is 0.500. The number of halogens is 1. The molecule has 0 radical (unpaired) electrons. The van der Waals surface area contributed by atoms with Crippen LogP contribution in [0.5, 0.6) is 0 Å². The molecule has 0 saturated heterocycles. The second kappa shape index (κ2) is 6.07. The van der Waals surface area contributed by atoms with Gasteiger partial charge in [-0.05, 0) is 41.4 Å². The summed E-state index contributed by atoms with van der Waals surface area (Å²) < 4.78 is 2.76. The van der Waals surface area contributed by atoms with E-state index in [9.17, 15) is 0 Å². The summed E-state index contributed by atoms with van der Waals surface area (Å²) in [5.74, 6) is 1.77. The molecule has 0 aliphatic heterocycles. The van der Waals surface area contributed by atoms with Crippen molar-refractivity contribution in [1.29, 1.82) is 0 Å². The van der Waals surface area contributed by atoms with Crippen LogP contribution >= 0.6 is 22.6 Å². The van der Waals surface area contributed by atoms with Gasteiger partial charge in [-0.1, -0.05) is 20.8 Å². The Morgan fingerprint density at radius 1 is 1.30 bits per heavy atom. The van der Waals surface area contributed by atoms with Crippen molar-refractivity contribution < 1.29 is 0 Å². The minimum atomic E-state index is 0.533. The predicted molar refractivity (Wildman–Crippen MR) is 89.3 cm³/mol. The number of nitrogens with zero attached hydrogens (tertiary/aromatic N) is 4. The van der Waals surface area contributed by atoms with Gasteiger partial charge in [-0.25, -0.2) is 9.97 Å². The second-order valence-electron chi connectivity index (χ2n) is 5.31. The van der Waals surface area contributed by atoms with Gasteiger partial charge in [0.1, 0.15) is 5.82 Å². The van der Waals surface area contributed by atoms with E-state index in [0.29, 0.717) is 17.6 Å². The third-order valence-electron chi connectivity index (χ3n) is 3.03. The third-order valence-corrected chi connectivity index (χ3v) is 4.20. The van der Waals surface area contributed by atoms with Gasteiger partial charge >= 0.3 is 0 Å². The highest BCUT2D eigenvalue weighted by Gasteiger charge is 2.16. The smallest absolute Gasteiger partial charge is 0.165 e. The van der Waals surface area contributed by atoms with E-state index in [1.54, 1.807) is 4.68 Å². The highest BCUT2D eigenvalue weighted by molar-refractivity contribution is 14.1. The Labute approximate surface area is 133 Å². The van der Waals surface area contributed by atoms with Gasteiger partial charge in [0.2, 0.25) is 0 Å². The van der Waals surface area contributed by atoms with Crippen molar-refractivity contribution in [3.8, 4) is 11.4 Å². The molecule has 0 atom stereocenters. The lowest BCUT2D eigenvalue weighted by Crippen LogP contribution is -2.08. The number of aryl methyl sites for hydroxylation is 2. The summed E-state index contributed by atoms with van der Waals surface area (Å²) in [5.41, 5.74) is 9.05. The van der Waals surface area contributed by atoms with E-state index in [2.05, 4.69) is 53.4 Å². The first-order chi connectivity index (χ1) is 9.42. The molecule has 20 heavy (non-hydrogen) atoms. The molecule has 0 aliphatic carbocycles. The molecule has 0 spiro atoms. The van der Waals surface area contributed by atoms with Gasteiger partial charge in [-0.3, -0.25) is 4.68 Å². The van der Waals surface area contributed by atoms with Gasteiger partial charge in [0, 0.05) is 13.2 Å². The summed E-state index contributed by atoms with van der Waals surface area (Å²) in [4.78, 5) is 9.15. The molecular weight excluding hydrogens is 365 g/mol. The maximum atomic E-state index is 6.05. The third kappa shape index (κ3) is 3.11. The highest BCUT2D eigenvalue weighted by atomic mass is 127. The highest BCUT2D eigenvalue weighted by Crippen LogP contribution is 2.25. The molecule has 0 aromatic carbocycles. The van der Waals surface area contributed by atoms with Crippen molar-refractivity contribution in [2.75, 3.05) is 5.73 Å². The van der Waals surface area contributed by atoms with E-state index in [1.807, 2.05) is 13.2 Å². The van der Waals surface area contributed by atoms with Crippen LogP contribution < -0.4 is 5.73 Å². The molecule has 5 nitrogen and oxygen atoms in total. The van der Waals surface area contributed by atoms with Crippen molar-refractivity contribution in [3.05, 3.63) is 21.2 Å². The van der Waals surface area contributed by atoms with Gasteiger partial charge in [0.05, 0.1) is 20.5 Å². The molecule has 2 aromatic rings. The Morgan fingerprint density at radius 3 is 2.60 bits per heavy atom. The maximum Gasteiger partial charge on any atom is 0.165 e. The van der Waals surface area contributed by atoms with Crippen LogP contribution in [0.1, 0.15) is 32.2 Å². The SMILES string of the molecule is CCc1nn(C)cc1-c1nc(N)c(I)c(CC(C)C)n1. The van der Waals surface area contributed by atoms with Crippen LogP contribution in [0.3, 0.4) is 0 Å². The van der Waals surface area contributed by atoms with Gasteiger partial charge in [-0.15, -0.1) is 0 Å². The Hall–Kier alpha value is -1.18. The number of hydrogen-bond donors (Lipinski definition) is 1. The summed E-state index contributed by atoms with van der Waals surface area (Å²) in [5, 5.41) is 4.44. The van der Waals surface area contributed by atoms with Crippen LogP contribution in [0.25, 0.3) is 11.4 Å². The molecule has 0 unspecified atom stereocenters. The van der Waals surface area contributed by atoms with Crippen molar-refractivity contribution >= 4 is 28.4 Å². The summed E-state index contributed by atoms with van der Waals surface area (Å²) in [6, 6.07) is 0. The molecule has 0 saturated carbocycles. The maximum absolute atomic E-state index is 6.05. The van der Waals surface area contributed by atoms with Crippen molar-refractivity contribution in [2.45, 2.75) is 33.6 Å². The topological polar surface area (TPSA) is 69.6 Å². The molecule has 0 fully saturated rings. The lowest BCUT2D eigenvalue weighted by Gasteiger charge is -2.10. The Bertz CT molecular complexity index is 618. The summed E-state index contributed by atoms with van der Waals surface area (Å²) in [7, 11) is 1.91. The molecule has 0 aliphatic rings. The van der Waals surface area contributed by atoms with Crippen molar-refractivity contribution in [1.82, 2.24) is 19.7 Å². The molecule has 2 aromatic heterocycles. The molecule has 108 valence electrons. The average Bonchev–Trinajstić information content (AvgIpc) is 2.75. The van der Waals surface area contributed by atoms with Gasteiger partial charge in [-0.2, -0.15) is 5.10 Å². The summed E-state index contributed by atoms with van der Waals surface area (Å²) in [6.07, 6.45) is 3.71. The molecule has 0 amide bonds. The molecular formula is C14H20IN5. The second-order valence-corrected chi connectivity index (χ2v) is 6.39. The van der Waals surface area contributed by atoms with E-state index in [4.69, 9.17) is 10.7 Å². The van der Waals surface area contributed by atoms with Gasteiger partial charge < -0.3 is 5.73 Å². The van der Waals surface area contributed by atoms with Crippen LogP contribution in [0.4, 0.5) is 5.82 Å². The van der Waals surface area contributed by atoms with Crippen LogP contribution in [-0.2, 0) is 19.9 Å². The zero-order chi connectivity index (χ0) is 14.9. The van der Waals surface area contributed by atoms with E-state index >= 15 is 0 Å². The number of aromatic nitrogens is 4. The van der Waals surface area contributed by atoms with E-state index in [0.717, 1.165) is 33.4 Å². The molecule has 2 heterocycles. The van der Waals surface area contributed by atoms with Crippen LogP contribution in [0, 0.1) is 9.49 Å². The van der Waals surface area contributed by atoms with Crippen LogP contribution in [0.2, 0.25) is 0 Å². The van der Waals surface area contributed by atoms with E-state index in [-0.39, 0.29) is 0 Å². The summed E-state index contributed by atoms with van der Waals surface area (Å²) in [6.45, 7) is 6.43. The molecule has 0 bridgehead atoms. The number of rotatable bonds is 4. The number of nitrogen functional groups attached to an aromatic ring is 1. The fourth-order valence-electron chi connectivity index (χ4n) is 2.14. The first kappa shape index (κ1) is 15.2. The molecule has 2 rings (SSSR count). The average molecular weight is 385 g/mol. The predicted octanol–water partition coefficient (Wildman–Crippen LogP) is 2.82. The quantitative estimate of drug-likeness (QED) is 0.822.